The third-order valence-corrected chi connectivity index (χ3v) is 3.91. The summed E-state index contributed by atoms with van der Waals surface area (Å²) in [4.78, 5) is 22.2. The molecular weight excluding hydrogens is 280 g/mol. The van der Waals surface area contributed by atoms with Gasteiger partial charge in [-0.15, -0.1) is 0 Å². The second-order valence-electron chi connectivity index (χ2n) is 5.65. The first-order valence-corrected chi connectivity index (χ1v) is 8.33. The van der Waals surface area contributed by atoms with Crippen LogP contribution in [-0.2, 0) is 9.59 Å². The van der Waals surface area contributed by atoms with E-state index in [4.69, 9.17) is 9.90 Å². The molecule has 2 N–H and O–H groups in total. The van der Waals surface area contributed by atoms with Crippen molar-refractivity contribution in [2.24, 2.45) is 5.92 Å². The number of piperidine rings is 1. The largest absolute Gasteiger partial charge is 0.483 e. The van der Waals surface area contributed by atoms with Crippen molar-refractivity contribution >= 4 is 12.4 Å². The zero-order valence-electron chi connectivity index (χ0n) is 14.1. The Kier molecular flexibility index (Phi) is 13.7. The van der Waals surface area contributed by atoms with Gasteiger partial charge < -0.3 is 15.3 Å². The Bertz CT molecular complexity index is 319. The lowest BCUT2D eigenvalue weighted by Gasteiger charge is -2.32. The molecule has 0 aromatic rings. The number of carbonyl (C=O) groups is 2. The minimum absolute atomic E-state index is 0.182. The van der Waals surface area contributed by atoms with Crippen LogP contribution in [0.5, 0.6) is 0 Å². The van der Waals surface area contributed by atoms with E-state index in [1.807, 2.05) is 0 Å². The molecule has 5 heteroatoms. The van der Waals surface area contributed by atoms with Crippen LogP contribution in [0.3, 0.4) is 0 Å². The summed E-state index contributed by atoms with van der Waals surface area (Å²) in [5.74, 6) is 0.902. The second-order valence-corrected chi connectivity index (χ2v) is 5.65. The maximum Gasteiger partial charge on any atom is 0.290 e. The summed E-state index contributed by atoms with van der Waals surface area (Å²) in [6.07, 6.45) is 12.5. The standard InChI is InChI=1S/C16H30N2O.CH2O2/c1-3-4-5-6-7-12-18-13-8-9-15(14-18)10-11-16(19)17-2;2-1-3/h4-5,15H,3,6-14H2,1-2H3,(H,17,19);1H,(H,2,3). The molecular formula is C17H32N2O3. The molecule has 0 bridgehead atoms. The molecule has 1 saturated heterocycles. The molecule has 0 radical (unpaired) electrons. The fraction of sp³-hybridized carbons (Fsp3) is 0.765. The molecule has 0 aromatic carbocycles. The smallest absolute Gasteiger partial charge is 0.290 e. The summed E-state index contributed by atoms with van der Waals surface area (Å²) >= 11 is 0. The number of hydrogen-bond acceptors (Lipinski definition) is 3. The van der Waals surface area contributed by atoms with Crippen LogP contribution in [0.1, 0.15) is 51.9 Å². The molecule has 0 saturated carbocycles. The van der Waals surface area contributed by atoms with E-state index in [0.717, 1.165) is 18.8 Å². The molecule has 1 unspecified atom stereocenters. The number of hydrogen-bond donors (Lipinski definition) is 2. The molecule has 1 aliphatic heterocycles. The first-order chi connectivity index (χ1) is 10.7. The second kappa shape index (κ2) is 14.6. The lowest BCUT2D eigenvalue weighted by Crippen LogP contribution is -2.36. The van der Waals surface area contributed by atoms with Crippen molar-refractivity contribution in [3.05, 3.63) is 12.2 Å². The summed E-state index contributed by atoms with van der Waals surface area (Å²) in [7, 11) is 1.72. The Morgan fingerprint density at radius 1 is 1.41 bits per heavy atom. The van der Waals surface area contributed by atoms with Gasteiger partial charge in [-0.1, -0.05) is 19.1 Å². The van der Waals surface area contributed by atoms with Gasteiger partial charge in [0.1, 0.15) is 0 Å². The fourth-order valence-corrected chi connectivity index (χ4v) is 2.77. The van der Waals surface area contributed by atoms with Gasteiger partial charge in [0.15, 0.2) is 0 Å². The predicted molar refractivity (Wildman–Crippen MR) is 89.8 cm³/mol. The first-order valence-electron chi connectivity index (χ1n) is 8.33. The van der Waals surface area contributed by atoms with Crippen molar-refractivity contribution in [3.63, 3.8) is 0 Å². The number of allylic oxidation sites excluding steroid dienone is 2. The summed E-state index contributed by atoms with van der Waals surface area (Å²) in [5.41, 5.74) is 0. The van der Waals surface area contributed by atoms with E-state index in [9.17, 15) is 4.79 Å². The van der Waals surface area contributed by atoms with Crippen molar-refractivity contribution in [2.75, 3.05) is 26.7 Å². The highest BCUT2D eigenvalue weighted by atomic mass is 16.3. The van der Waals surface area contributed by atoms with Gasteiger partial charge in [-0.3, -0.25) is 9.59 Å². The molecule has 1 fully saturated rings. The summed E-state index contributed by atoms with van der Waals surface area (Å²) in [5, 5.41) is 9.60. The maximum atomic E-state index is 11.3. The zero-order chi connectivity index (χ0) is 16.6. The summed E-state index contributed by atoms with van der Waals surface area (Å²) < 4.78 is 0. The molecule has 1 aliphatic rings. The molecule has 1 rings (SSSR count). The predicted octanol–water partition coefficient (Wildman–Crippen LogP) is 2.67. The van der Waals surface area contributed by atoms with Gasteiger partial charge in [-0.25, -0.2) is 0 Å². The van der Waals surface area contributed by atoms with Crippen LogP contribution >= 0.6 is 0 Å². The molecule has 1 amide bonds. The third kappa shape index (κ3) is 11.3. The van der Waals surface area contributed by atoms with Crippen molar-refractivity contribution < 1.29 is 14.7 Å². The average molecular weight is 312 g/mol. The number of nitrogens with one attached hydrogen (secondary N) is 1. The van der Waals surface area contributed by atoms with Crippen LogP contribution in [0.15, 0.2) is 12.2 Å². The SMILES string of the molecule is CCC=CCCCN1CCCC(CCC(=O)NC)C1.O=CO. The number of amides is 1. The number of unbranched alkanes of at least 4 members (excludes halogenated alkanes) is 1. The maximum absolute atomic E-state index is 11.3. The van der Waals surface area contributed by atoms with E-state index >= 15 is 0 Å². The van der Waals surface area contributed by atoms with Crippen LogP contribution < -0.4 is 5.32 Å². The van der Waals surface area contributed by atoms with E-state index in [-0.39, 0.29) is 12.4 Å². The van der Waals surface area contributed by atoms with Gasteiger partial charge in [-0.05, 0) is 57.5 Å². The summed E-state index contributed by atoms with van der Waals surface area (Å²) in [6.45, 7) is 5.57. The van der Waals surface area contributed by atoms with Gasteiger partial charge >= 0.3 is 0 Å². The molecule has 1 atom stereocenters. The normalized spacial score (nSPS) is 18.5. The molecule has 128 valence electrons. The van der Waals surface area contributed by atoms with Crippen LogP contribution in [0.2, 0.25) is 0 Å². The fourth-order valence-electron chi connectivity index (χ4n) is 2.77. The monoisotopic (exact) mass is 312 g/mol. The topological polar surface area (TPSA) is 69.6 Å². The Labute approximate surface area is 134 Å². The molecule has 22 heavy (non-hydrogen) atoms. The van der Waals surface area contributed by atoms with E-state index in [1.54, 1.807) is 7.05 Å². The zero-order valence-corrected chi connectivity index (χ0v) is 14.1. The minimum atomic E-state index is -0.250. The van der Waals surface area contributed by atoms with Crippen LogP contribution in [0.25, 0.3) is 0 Å². The molecule has 5 nitrogen and oxygen atoms in total. The average Bonchev–Trinajstić information content (AvgIpc) is 2.53. The molecule has 0 spiro atoms. The number of rotatable bonds is 8. The minimum Gasteiger partial charge on any atom is -0.483 e. The van der Waals surface area contributed by atoms with Crippen molar-refractivity contribution in [1.29, 1.82) is 0 Å². The van der Waals surface area contributed by atoms with Gasteiger partial charge in [0, 0.05) is 20.0 Å². The number of nitrogens with zero attached hydrogens (tertiary/aromatic N) is 1. The lowest BCUT2D eigenvalue weighted by atomic mass is 9.93. The van der Waals surface area contributed by atoms with Gasteiger partial charge in [0.05, 0.1) is 0 Å². The van der Waals surface area contributed by atoms with Crippen LogP contribution in [0.4, 0.5) is 0 Å². The van der Waals surface area contributed by atoms with E-state index in [1.165, 1.54) is 45.3 Å². The van der Waals surface area contributed by atoms with Crippen LogP contribution in [-0.4, -0.2) is 49.1 Å². The third-order valence-electron chi connectivity index (χ3n) is 3.91. The number of likely N-dealkylation sites (tertiary alicyclic amines) is 1. The highest BCUT2D eigenvalue weighted by molar-refractivity contribution is 5.75. The molecule has 0 aromatic heterocycles. The summed E-state index contributed by atoms with van der Waals surface area (Å²) in [6, 6.07) is 0. The number of carboxylic acid groups (broad SMARTS) is 1. The van der Waals surface area contributed by atoms with E-state index < -0.39 is 0 Å². The van der Waals surface area contributed by atoms with Crippen LogP contribution in [0, 0.1) is 5.92 Å². The number of carbonyl (C=O) groups excluding carboxylic acids is 1. The van der Waals surface area contributed by atoms with Crippen molar-refractivity contribution in [2.45, 2.75) is 51.9 Å². The Morgan fingerprint density at radius 2 is 2.14 bits per heavy atom. The highest BCUT2D eigenvalue weighted by Gasteiger charge is 2.19. The van der Waals surface area contributed by atoms with Gasteiger partial charge in [0.2, 0.25) is 5.91 Å². The Balaban J connectivity index is 0.00000135. The van der Waals surface area contributed by atoms with Gasteiger partial charge in [-0.2, -0.15) is 0 Å². The van der Waals surface area contributed by atoms with E-state index in [0.29, 0.717) is 6.42 Å². The Morgan fingerprint density at radius 3 is 2.77 bits per heavy atom. The van der Waals surface area contributed by atoms with E-state index in [2.05, 4.69) is 29.3 Å². The Hall–Kier alpha value is -1.36. The van der Waals surface area contributed by atoms with Crippen molar-refractivity contribution in [3.8, 4) is 0 Å². The highest BCUT2D eigenvalue weighted by Crippen LogP contribution is 2.21. The molecule has 0 aliphatic carbocycles. The lowest BCUT2D eigenvalue weighted by molar-refractivity contribution is -0.123. The van der Waals surface area contributed by atoms with Gasteiger partial charge in [0.25, 0.3) is 6.47 Å². The molecule has 1 heterocycles. The quantitative estimate of drug-likeness (QED) is 0.411. The first kappa shape index (κ1) is 20.6. The van der Waals surface area contributed by atoms with Crippen molar-refractivity contribution in [1.82, 2.24) is 10.2 Å².